The van der Waals surface area contributed by atoms with Gasteiger partial charge in [0.1, 0.15) is 5.75 Å². The Morgan fingerprint density at radius 1 is 0.966 bits per heavy atom. The zero-order chi connectivity index (χ0) is 21.4. The van der Waals surface area contributed by atoms with Crippen molar-refractivity contribution in [2.75, 3.05) is 14.2 Å². The number of hydrazine groups is 1. The van der Waals surface area contributed by atoms with Gasteiger partial charge in [0.15, 0.2) is 17.6 Å². The van der Waals surface area contributed by atoms with Crippen LogP contribution in [0.2, 0.25) is 0 Å². The van der Waals surface area contributed by atoms with Crippen LogP contribution in [0.5, 0.6) is 17.2 Å². The molecule has 0 saturated carbocycles. The summed E-state index contributed by atoms with van der Waals surface area (Å²) in [5.74, 6) is 0.733. The molecule has 0 unspecified atom stereocenters. The largest absolute Gasteiger partial charge is 0.493 e. The van der Waals surface area contributed by atoms with E-state index in [4.69, 9.17) is 14.2 Å². The zero-order valence-electron chi connectivity index (χ0n) is 17.2. The third kappa shape index (κ3) is 5.75. The first kappa shape index (κ1) is 21.8. The van der Waals surface area contributed by atoms with Crippen LogP contribution >= 0.6 is 0 Å². The average molecular weight is 398 g/mol. The molecule has 2 aromatic carbocycles. The van der Waals surface area contributed by atoms with Crippen LogP contribution < -0.4 is 25.1 Å². The molecule has 2 amide bonds. The zero-order valence-corrected chi connectivity index (χ0v) is 17.2. The molecule has 7 heteroatoms. The first-order valence-electron chi connectivity index (χ1n) is 9.09. The van der Waals surface area contributed by atoms with Crippen LogP contribution in [0.25, 0.3) is 6.08 Å². The second-order valence-electron chi connectivity index (χ2n) is 6.35. The fourth-order valence-electron chi connectivity index (χ4n) is 2.57. The van der Waals surface area contributed by atoms with Crippen molar-refractivity contribution in [2.24, 2.45) is 0 Å². The van der Waals surface area contributed by atoms with Gasteiger partial charge in [-0.1, -0.05) is 24.3 Å². The highest BCUT2D eigenvalue weighted by atomic mass is 16.5. The third-order valence-electron chi connectivity index (χ3n) is 4.38. The fourth-order valence-corrected chi connectivity index (χ4v) is 2.57. The van der Waals surface area contributed by atoms with Crippen LogP contribution in [0.4, 0.5) is 0 Å². The van der Waals surface area contributed by atoms with Gasteiger partial charge in [-0.25, -0.2) is 0 Å². The molecule has 29 heavy (non-hydrogen) atoms. The number of hydrogen-bond donors (Lipinski definition) is 2. The molecular weight excluding hydrogens is 372 g/mol. The molecule has 2 rings (SSSR count). The summed E-state index contributed by atoms with van der Waals surface area (Å²) in [5, 5.41) is 0. The van der Waals surface area contributed by atoms with E-state index in [2.05, 4.69) is 10.9 Å². The smallest absolute Gasteiger partial charge is 0.279 e. The highest BCUT2D eigenvalue weighted by Gasteiger charge is 2.16. The molecule has 0 heterocycles. The van der Waals surface area contributed by atoms with E-state index in [0.717, 1.165) is 11.1 Å². The van der Waals surface area contributed by atoms with Gasteiger partial charge in [0.25, 0.3) is 11.8 Å². The van der Waals surface area contributed by atoms with E-state index in [0.29, 0.717) is 22.8 Å². The van der Waals surface area contributed by atoms with Gasteiger partial charge >= 0.3 is 0 Å². The summed E-state index contributed by atoms with van der Waals surface area (Å²) in [5.41, 5.74) is 7.39. The molecule has 0 fully saturated rings. The maximum absolute atomic E-state index is 12.2. The minimum atomic E-state index is -0.779. The summed E-state index contributed by atoms with van der Waals surface area (Å²) in [6, 6.07) is 11.0. The maximum Gasteiger partial charge on any atom is 0.279 e. The molecule has 0 spiro atoms. The van der Waals surface area contributed by atoms with Crippen molar-refractivity contribution in [3.63, 3.8) is 0 Å². The molecule has 2 aromatic rings. The Labute approximate surface area is 170 Å². The van der Waals surface area contributed by atoms with Gasteiger partial charge in [-0.05, 0) is 50.1 Å². The van der Waals surface area contributed by atoms with Gasteiger partial charge in [-0.3, -0.25) is 20.4 Å². The lowest BCUT2D eigenvalue weighted by Gasteiger charge is -2.17. The van der Waals surface area contributed by atoms with Crippen LogP contribution in [0, 0.1) is 13.8 Å². The number of hydrogen-bond acceptors (Lipinski definition) is 5. The number of amides is 2. The normalized spacial score (nSPS) is 11.6. The monoisotopic (exact) mass is 398 g/mol. The third-order valence-corrected chi connectivity index (χ3v) is 4.38. The maximum atomic E-state index is 12.2. The molecule has 7 nitrogen and oxygen atoms in total. The Kier molecular flexibility index (Phi) is 7.65. The Morgan fingerprint density at radius 2 is 1.66 bits per heavy atom. The second-order valence-corrected chi connectivity index (χ2v) is 6.35. The van der Waals surface area contributed by atoms with Crippen molar-refractivity contribution in [2.45, 2.75) is 26.9 Å². The van der Waals surface area contributed by atoms with Crippen molar-refractivity contribution in [3.8, 4) is 17.2 Å². The van der Waals surface area contributed by atoms with Crippen molar-refractivity contribution >= 4 is 17.9 Å². The number of rotatable bonds is 7. The van der Waals surface area contributed by atoms with Crippen LogP contribution in [0.1, 0.15) is 23.6 Å². The fraction of sp³-hybridized carbons (Fsp3) is 0.273. The van der Waals surface area contributed by atoms with E-state index < -0.39 is 17.9 Å². The summed E-state index contributed by atoms with van der Waals surface area (Å²) in [7, 11) is 3.06. The quantitative estimate of drug-likeness (QED) is 0.553. The Bertz CT molecular complexity index is 908. The van der Waals surface area contributed by atoms with Gasteiger partial charge in [-0.15, -0.1) is 0 Å². The lowest BCUT2D eigenvalue weighted by atomic mass is 10.1. The second kappa shape index (κ2) is 10.2. The molecule has 0 saturated heterocycles. The summed E-state index contributed by atoms with van der Waals surface area (Å²) >= 11 is 0. The summed E-state index contributed by atoms with van der Waals surface area (Å²) < 4.78 is 16.2. The number of benzene rings is 2. The number of aryl methyl sites for hydroxylation is 1. The average Bonchev–Trinajstić information content (AvgIpc) is 2.73. The lowest BCUT2D eigenvalue weighted by Crippen LogP contribution is -2.46. The number of methoxy groups -OCH3 is 2. The van der Waals surface area contributed by atoms with Gasteiger partial charge < -0.3 is 14.2 Å². The van der Waals surface area contributed by atoms with Gasteiger partial charge in [-0.2, -0.15) is 0 Å². The topological polar surface area (TPSA) is 85.9 Å². The van der Waals surface area contributed by atoms with E-state index in [1.165, 1.54) is 20.3 Å². The van der Waals surface area contributed by atoms with E-state index in [9.17, 15) is 9.59 Å². The number of nitrogens with one attached hydrogen (secondary N) is 2. The van der Waals surface area contributed by atoms with E-state index in [-0.39, 0.29) is 0 Å². The van der Waals surface area contributed by atoms with Gasteiger partial charge in [0.2, 0.25) is 0 Å². The van der Waals surface area contributed by atoms with Gasteiger partial charge in [0, 0.05) is 11.6 Å². The molecule has 0 aliphatic rings. The predicted octanol–water partition coefficient (Wildman–Crippen LogP) is 2.95. The van der Waals surface area contributed by atoms with Crippen LogP contribution in [0.15, 0.2) is 42.5 Å². The molecule has 0 aliphatic carbocycles. The first-order valence-corrected chi connectivity index (χ1v) is 9.09. The van der Waals surface area contributed by atoms with Crippen LogP contribution in [0.3, 0.4) is 0 Å². The highest BCUT2D eigenvalue weighted by molar-refractivity contribution is 5.94. The predicted molar refractivity (Wildman–Crippen MR) is 111 cm³/mol. The summed E-state index contributed by atoms with van der Waals surface area (Å²) in [4.78, 5) is 24.2. The number of carbonyl (C=O) groups is 2. The van der Waals surface area contributed by atoms with Crippen molar-refractivity contribution in [1.82, 2.24) is 10.9 Å². The number of carbonyl (C=O) groups excluding carboxylic acids is 2. The van der Waals surface area contributed by atoms with E-state index in [1.54, 1.807) is 37.3 Å². The van der Waals surface area contributed by atoms with E-state index >= 15 is 0 Å². The molecule has 0 aromatic heterocycles. The van der Waals surface area contributed by atoms with Crippen molar-refractivity contribution in [3.05, 3.63) is 59.2 Å². The SMILES string of the molecule is COc1cccc(/C=C/C(=O)NNC(=O)[C@@H](C)Oc2cccc(C)c2C)c1OC. The summed E-state index contributed by atoms with van der Waals surface area (Å²) in [6.45, 7) is 5.51. The molecule has 1 atom stereocenters. The Hall–Kier alpha value is -3.48. The van der Waals surface area contributed by atoms with Crippen LogP contribution in [-0.4, -0.2) is 32.1 Å². The molecule has 0 aliphatic heterocycles. The lowest BCUT2D eigenvalue weighted by molar-refractivity contribution is -0.131. The molecular formula is C22H26N2O5. The number of para-hydroxylation sites is 1. The van der Waals surface area contributed by atoms with Crippen molar-refractivity contribution < 1.29 is 23.8 Å². The molecule has 0 bridgehead atoms. The molecule has 0 radical (unpaired) electrons. The minimum Gasteiger partial charge on any atom is -0.493 e. The standard InChI is InChI=1S/C22H26N2O5/c1-14-8-6-10-18(15(14)2)29-16(3)22(26)24-23-20(25)13-12-17-9-7-11-19(27-4)21(17)28-5/h6-13,16H,1-5H3,(H,23,25)(H,24,26)/b13-12+/t16-/m1/s1. The van der Waals surface area contributed by atoms with Crippen molar-refractivity contribution in [1.29, 1.82) is 0 Å². The van der Waals surface area contributed by atoms with E-state index in [1.807, 2.05) is 26.0 Å². The summed E-state index contributed by atoms with van der Waals surface area (Å²) in [6.07, 6.45) is 2.07. The Morgan fingerprint density at radius 3 is 2.34 bits per heavy atom. The number of ether oxygens (including phenoxy) is 3. The van der Waals surface area contributed by atoms with Gasteiger partial charge in [0.05, 0.1) is 14.2 Å². The van der Waals surface area contributed by atoms with Crippen LogP contribution in [-0.2, 0) is 9.59 Å². The minimum absolute atomic E-state index is 0.466. The molecule has 154 valence electrons. The Balaban J connectivity index is 1.92. The first-order chi connectivity index (χ1) is 13.9. The highest BCUT2D eigenvalue weighted by Crippen LogP contribution is 2.31. The molecule has 2 N–H and O–H groups in total.